The normalized spacial score (nSPS) is 10.5. The van der Waals surface area contributed by atoms with Crippen LogP contribution in [0, 0.1) is 18.3 Å². The molecule has 0 saturated heterocycles. The maximum absolute atomic E-state index is 8.93. The Bertz CT molecular complexity index is 809. The van der Waals surface area contributed by atoms with Crippen molar-refractivity contribution in [3.05, 3.63) is 65.9 Å². The first-order valence-corrected chi connectivity index (χ1v) is 7.06. The minimum absolute atomic E-state index is 0.707. The molecule has 0 amide bonds. The van der Waals surface area contributed by atoms with Crippen LogP contribution in [0.2, 0.25) is 0 Å². The van der Waals surface area contributed by atoms with Gasteiger partial charge in [0.15, 0.2) is 0 Å². The third-order valence-electron chi connectivity index (χ3n) is 3.71. The molecule has 3 rings (SSSR count). The van der Waals surface area contributed by atoms with E-state index in [2.05, 4.69) is 47.3 Å². The Labute approximate surface area is 124 Å². The van der Waals surface area contributed by atoms with Gasteiger partial charge in [-0.1, -0.05) is 18.2 Å². The molecule has 0 unspecified atom stereocenters. The van der Waals surface area contributed by atoms with Crippen molar-refractivity contribution in [3.63, 3.8) is 0 Å². The van der Waals surface area contributed by atoms with E-state index in [0.717, 1.165) is 18.5 Å². The second kappa shape index (κ2) is 5.72. The average Bonchev–Trinajstić information content (AvgIpc) is 2.91. The molecular formula is C18H17N3. The van der Waals surface area contributed by atoms with Crippen LogP contribution in [-0.4, -0.2) is 11.1 Å². The van der Waals surface area contributed by atoms with Crippen LogP contribution in [0.3, 0.4) is 0 Å². The summed E-state index contributed by atoms with van der Waals surface area (Å²) in [5.74, 6) is 0. The standard InChI is InChI=1S/C18H17N3/c1-14-4-2-3-5-17(14)20-9-11-21-10-8-16-12-15(13-19)6-7-18(16)21/h2-8,10,12,20H,9,11H2,1H3. The number of aromatic nitrogens is 1. The molecule has 1 aromatic heterocycles. The molecule has 0 bridgehead atoms. The third-order valence-corrected chi connectivity index (χ3v) is 3.71. The number of hydrogen-bond acceptors (Lipinski definition) is 2. The first kappa shape index (κ1) is 13.3. The van der Waals surface area contributed by atoms with Crippen molar-refractivity contribution < 1.29 is 0 Å². The molecule has 0 saturated carbocycles. The number of hydrogen-bond donors (Lipinski definition) is 1. The van der Waals surface area contributed by atoms with Gasteiger partial charge in [0, 0.05) is 35.9 Å². The third kappa shape index (κ3) is 2.75. The van der Waals surface area contributed by atoms with Crippen molar-refractivity contribution in [2.45, 2.75) is 13.5 Å². The molecule has 21 heavy (non-hydrogen) atoms. The zero-order valence-electron chi connectivity index (χ0n) is 12.0. The van der Waals surface area contributed by atoms with E-state index < -0.39 is 0 Å². The highest BCUT2D eigenvalue weighted by Gasteiger charge is 2.02. The molecule has 3 heteroatoms. The summed E-state index contributed by atoms with van der Waals surface area (Å²) in [5, 5.41) is 13.5. The Balaban J connectivity index is 1.71. The van der Waals surface area contributed by atoms with E-state index in [9.17, 15) is 0 Å². The smallest absolute Gasteiger partial charge is 0.0991 e. The van der Waals surface area contributed by atoms with Crippen LogP contribution < -0.4 is 5.32 Å². The molecule has 0 fully saturated rings. The molecule has 0 atom stereocenters. The quantitative estimate of drug-likeness (QED) is 0.783. The van der Waals surface area contributed by atoms with E-state index in [4.69, 9.17) is 5.26 Å². The van der Waals surface area contributed by atoms with Gasteiger partial charge in [-0.2, -0.15) is 5.26 Å². The highest BCUT2D eigenvalue weighted by Crippen LogP contribution is 2.18. The van der Waals surface area contributed by atoms with Crippen LogP contribution in [0.4, 0.5) is 5.69 Å². The lowest BCUT2D eigenvalue weighted by Gasteiger charge is -2.10. The van der Waals surface area contributed by atoms with Gasteiger partial charge in [-0.3, -0.25) is 0 Å². The molecule has 0 aliphatic rings. The molecule has 1 N–H and O–H groups in total. The van der Waals surface area contributed by atoms with Crippen molar-refractivity contribution in [2.24, 2.45) is 0 Å². The van der Waals surface area contributed by atoms with Gasteiger partial charge >= 0.3 is 0 Å². The van der Waals surface area contributed by atoms with Gasteiger partial charge in [0.25, 0.3) is 0 Å². The van der Waals surface area contributed by atoms with Crippen molar-refractivity contribution in [3.8, 4) is 6.07 Å². The summed E-state index contributed by atoms with van der Waals surface area (Å²) in [5.41, 5.74) is 4.31. The lowest BCUT2D eigenvalue weighted by Crippen LogP contribution is -2.10. The first-order chi connectivity index (χ1) is 10.3. The summed E-state index contributed by atoms with van der Waals surface area (Å²) in [6.45, 7) is 3.87. The summed E-state index contributed by atoms with van der Waals surface area (Å²) in [4.78, 5) is 0. The Morgan fingerprint density at radius 1 is 1.14 bits per heavy atom. The zero-order chi connectivity index (χ0) is 14.7. The Morgan fingerprint density at radius 3 is 2.81 bits per heavy atom. The largest absolute Gasteiger partial charge is 0.383 e. The Morgan fingerprint density at radius 2 is 2.00 bits per heavy atom. The van der Waals surface area contributed by atoms with Crippen LogP contribution in [0.1, 0.15) is 11.1 Å². The Hall–Kier alpha value is -2.73. The number of nitriles is 1. The maximum atomic E-state index is 8.93. The molecule has 0 aliphatic carbocycles. The minimum atomic E-state index is 0.707. The van der Waals surface area contributed by atoms with Crippen molar-refractivity contribution in [1.82, 2.24) is 4.57 Å². The fraction of sp³-hybridized carbons (Fsp3) is 0.167. The molecule has 3 nitrogen and oxygen atoms in total. The molecule has 0 radical (unpaired) electrons. The minimum Gasteiger partial charge on any atom is -0.383 e. The van der Waals surface area contributed by atoms with Crippen LogP contribution in [0.5, 0.6) is 0 Å². The monoisotopic (exact) mass is 275 g/mol. The highest BCUT2D eigenvalue weighted by atomic mass is 15.0. The molecule has 2 aromatic carbocycles. The van der Waals surface area contributed by atoms with Gasteiger partial charge in [0.05, 0.1) is 11.6 Å². The predicted octanol–water partition coefficient (Wildman–Crippen LogP) is 3.93. The molecule has 104 valence electrons. The van der Waals surface area contributed by atoms with Crippen molar-refractivity contribution in [2.75, 3.05) is 11.9 Å². The van der Waals surface area contributed by atoms with Crippen LogP contribution in [0.15, 0.2) is 54.7 Å². The summed E-state index contributed by atoms with van der Waals surface area (Å²) in [7, 11) is 0. The van der Waals surface area contributed by atoms with Gasteiger partial charge in [-0.15, -0.1) is 0 Å². The maximum Gasteiger partial charge on any atom is 0.0991 e. The lowest BCUT2D eigenvalue weighted by molar-refractivity contribution is 0.757. The molecule has 1 heterocycles. The van der Waals surface area contributed by atoms with Crippen molar-refractivity contribution in [1.29, 1.82) is 5.26 Å². The van der Waals surface area contributed by atoms with Crippen molar-refractivity contribution >= 4 is 16.6 Å². The summed E-state index contributed by atoms with van der Waals surface area (Å²) >= 11 is 0. The fourth-order valence-electron chi connectivity index (χ4n) is 2.55. The number of rotatable bonds is 4. The van der Waals surface area contributed by atoms with E-state index in [1.165, 1.54) is 16.8 Å². The van der Waals surface area contributed by atoms with E-state index in [-0.39, 0.29) is 0 Å². The number of anilines is 1. The van der Waals surface area contributed by atoms with Gasteiger partial charge in [0.2, 0.25) is 0 Å². The second-order valence-electron chi connectivity index (χ2n) is 5.14. The van der Waals surface area contributed by atoms with Gasteiger partial charge < -0.3 is 9.88 Å². The number of para-hydroxylation sites is 1. The summed E-state index contributed by atoms with van der Waals surface area (Å²) in [6, 6.07) is 18.4. The molecule has 3 aromatic rings. The van der Waals surface area contributed by atoms with E-state index in [0.29, 0.717) is 5.56 Å². The predicted molar refractivity (Wildman–Crippen MR) is 86.3 cm³/mol. The topological polar surface area (TPSA) is 40.8 Å². The number of benzene rings is 2. The number of aryl methyl sites for hydroxylation is 1. The lowest BCUT2D eigenvalue weighted by atomic mass is 10.2. The van der Waals surface area contributed by atoms with Crippen LogP contribution in [0.25, 0.3) is 10.9 Å². The Kier molecular flexibility index (Phi) is 3.61. The molecule has 0 aliphatic heterocycles. The average molecular weight is 275 g/mol. The van der Waals surface area contributed by atoms with E-state index >= 15 is 0 Å². The number of nitrogens with zero attached hydrogens (tertiary/aromatic N) is 2. The van der Waals surface area contributed by atoms with E-state index in [1.807, 2.05) is 30.3 Å². The van der Waals surface area contributed by atoms with E-state index in [1.54, 1.807) is 0 Å². The zero-order valence-corrected chi connectivity index (χ0v) is 12.0. The summed E-state index contributed by atoms with van der Waals surface area (Å²) in [6.07, 6.45) is 2.07. The molecular weight excluding hydrogens is 258 g/mol. The number of nitrogens with one attached hydrogen (secondary N) is 1. The fourth-order valence-corrected chi connectivity index (χ4v) is 2.55. The van der Waals surface area contributed by atoms with Gasteiger partial charge in [0.1, 0.15) is 0 Å². The first-order valence-electron chi connectivity index (χ1n) is 7.06. The van der Waals surface area contributed by atoms with Crippen LogP contribution >= 0.6 is 0 Å². The SMILES string of the molecule is Cc1ccccc1NCCn1ccc2cc(C#N)ccc21. The summed E-state index contributed by atoms with van der Waals surface area (Å²) < 4.78 is 2.21. The highest BCUT2D eigenvalue weighted by molar-refractivity contribution is 5.81. The number of fused-ring (bicyclic) bond motifs is 1. The van der Waals surface area contributed by atoms with Gasteiger partial charge in [-0.25, -0.2) is 0 Å². The van der Waals surface area contributed by atoms with Crippen LogP contribution in [-0.2, 0) is 6.54 Å². The second-order valence-corrected chi connectivity index (χ2v) is 5.14. The van der Waals surface area contributed by atoms with Gasteiger partial charge in [-0.05, 0) is 42.8 Å². The molecule has 0 spiro atoms.